The molecule has 154 valence electrons. The highest BCUT2D eigenvalue weighted by atomic mass is 32.1. The van der Waals surface area contributed by atoms with Crippen LogP contribution in [0.15, 0.2) is 12.5 Å². The number of hydrogen-bond acceptors (Lipinski definition) is 9. The third-order valence-corrected chi connectivity index (χ3v) is 6.37. The third-order valence-electron chi connectivity index (χ3n) is 4.50. The summed E-state index contributed by atoms with van der Waals surface area (Å²) in [7, 11) is 0. The molecular weight excluding hydrogens is 422 g/mol. The Balaban J connectivity index is 1.43. The lowest BCUT2D eigenvalue weighted by Gasteiger charge is -2.19. The number of thiazole rings is 2. The summed E-state index contributed by atoms with van der Waals surface area (Å²) in [6, 6.07) is 0.260. The molecule has 0 aliphatic carbocycles. The number of rotatable bonds is 6. The smallest absolute Gasteiger partial charge is 0.289 e. The molecule has 0 aromatic carbocycles. The van der Waals surface area contributed by atoms with E-state index in [4.69, 9.17) is 4.74 Å². The van der Waals surface area contributed by atoms with Crippen molar-refractivity contribution >= 4 is 44.1 Å². The van der Waals surface area contributed by atoms with E-state index in [1.165, 1.54) is 24.6 Å². The summed E-state index contributed by atoms with van der Waals surface area (Å²) in [4.78, 5) is 31.1. The molecule has 1 amide bonds. The fraction of sp³-hybridized carbons (Fsp3) is 0.471. The number of fused-ring (bicyclic) bond motifs is 1. The molecular formula is C17H18F2N6O2S2. The van der Waals surface area contributed by atoms with Crippen LogP contribution in [0, 0.1) is 0 Å². The van der Waals surface area contributed by atoms with Crippen molar-refractivity contribution in [1.29, 1.82) is 0 Å². The zero-order chi connectivity index (χ0) is 20.5. The summed E-state index contributed by atoms with van der Waals surface area (Å²) in [5, 5.41) is 2.97. The van der Waals surface area contributed by atoms with Crippen molar-refractivity contribution in [3.05, 3.63) is 22.4 Å². The van der Waals surface area contributed by atoms with Crippen LogP contribution in [0.3, 0.4) is 0 Å². The van der Waals surface area contributed by atoms with Gasteiger partial charge in [0.05, 0.1) is 0 Å². The average Bonchev–Trinajstić information content (AvgIpc) is 3.35. The molecule has 1 N–H and O–H groups in total. The van der Waals surface area contributed by atoms with E-state index in [2.05, 4.69) is 37.1 Å². The molecule has 8 nitrogen and oxygen atoms in total. The van der Waals surface area contributed by atoms with Gasteiger partial charge in [-0.2, -0.15) is 4.98 Å². The maximum atomic E-state index is 12.9. The van der Waals surface area contributed by atoms with Crippen molar-refractivity contribution in [3.63, 3.8) is 0 Å². The van der Waals surface area contributed by atoms with Crippen LogP contribution in [0.1, 0.15) is 36.6 Å². The van der Waals surface area contributed by atoms with Crippen molar-refractivity contribution in [2.75, 3.05) is 11.9 Å². The van der Waals surface area contributed by atoms with E-state index in [1.54, 1.807) is 6.20 Å². The van der Waals surface area contributed by atoms with Gasteiger partial charge in [0.15, 0.2) is 20.5 Å². The second-order valence-corrected chi connectivity index (χ2v) is 8.88. The fourth-order valence-electron chi connectivity index (χ4n) is 3.23. The minimum atomic E-state index is -2.65. The van der Waals surface area contributed by atoms with Gasteiger partial charge in [0.25, 0.3) is 6.43 Å². The number of amides is 1. The first-order valence-electron chi connectivity index (χ1n) is 8.91. The number of hydrogen-bond donors (Lipinski definition) is 1. The number of likely N-dealkylation sites (tertiary alicyclic amines) is 1. The first-order chi connectivity index (χ1) is 13.9. The van der Waals surface area contributed by atoms with Gasteiger partial charge in [-0.25, -0.2) is 23.7 Å². The van der Waals surface area contributed by atoms with Gasteiger partial charge in [-0.15, -0.1) is 11.3 Å². The number of carbonyl (C=O) groups excluding carboxylic acids is 1. The van der Waals surface area contributed by atoms with E-state index >= 15 is 0 Å². The zero-order valence-electron chi connectivity index (χ0n) is 15.6. The van der Waals surface area contributed by atoms with Crippen LogP contribution in [-0.2, 0) is 11.3 Å². The number of anilines is 1. The molecule has 0 unspecified atom stereocenters. The van der Waals surface area contributed by atoms with Crippen molar-refractivity contribution in [2.45, 2.75) is 45.4 Å². The first kappa shape index (κ1) is 20.0. The number of ether oxygens (including phenoxy) is 1. The highest BCUT2D eigenvalue weighted by molar-refractivity contribution is 7.18. The Kier molecular flexibility index (Phi) is 5.65. The van der Waals surface area contributed by atoms with Crippen molar-refractivity contribution in [2.24, 2.45) is 0 Å². The first-order valence-corrected chi connectivity index (χ1v) is 10.5. The van der Waals surface area contributed by atoms with Crippen LogP contribution in [0.25, 0.3) is 10.3 Å². The van der Waals surface area contributed by atoms with Gasteiger partial charge in [-0.05, 0) is 6.92 Å². The number of carbonyl (C=O) groups is 1. The molecule has 1 aliphatic rings. The summed E-state index contributed by atoms with van der Waals surface area (Å²) in [5.74, 6) is 0.0880. The van der Waals surface area contributed by atoms with E-state index < -0.39 is 6.43 Å². The van der Waals surface area contributed by atoms with Crippen LogP contribution < -0.4 is 10.1 Å². The minimum Gasteiger partial charge on any atom is -0.471 e. The second-order valence-electron chi connectivity index (χ2n) is 6.75. The lowest BCUT2D eigenvalue weighted by atomic mass is 10.2. The van der Waals surface area contributed by atoms with E-state index in [0.717, 1.165) is 22.6 Å². The molecule has 1 saturated heterocycles. The van der Waals surface area contributed by atoms with Crippen LogP contribution in [0.4, 0.5) is 13.9 Å². The molecule has 3 aromatic heterocycles. The zero-order valence-corrected chi connectivity index (χ0v) is 17.3. The molecule has 29 heavy (non-hydrogen) atoms. The van der Waals surface area contributed by atoms with Gasteiger partial charge in [0, 0.05) is 43.5 Å². The van der Waals surface area contributed by atoms with Gasteiger partial charge in [0.1, 0.15) is 12.4 Å². The maximum absolute atomic E-state index is 12.9. The standard InChI is InChI=1S/C17H18F2N6O2S2/c1-8-3-10(5-25(8)6-11-4-20-17(28-11)23-9(2)26)27-14-12-15(22-7-21-14)29-16(24-12)13(18)19/h4,7-8,10,13H,3,5-6H2,1-2H3,(H,20,23,26)/t8-,10+/m0/s1. The summed E-state index contributed by atoms with van der Waals surface area (Å²) >= 11 is 2.29. The second kappa shape index (κ2) is 8.20. The monoisotopic (exact) mass is 440 g/mol. The Morgan fingerprint density at radius 3 is 2.97 bits per heavy atom. The van der Waals surface area contributed by atoms with E-state index in [0.29, 0.717) is 23.1 Å². The Labute approximate surface area is 173 Å². The van der Waals surface area contributed by atoms with Crippen molar-refractivity contribution in [1.82, 2.24) is 24.8 Å². The van der Waals surface area contributed by atoms with Gasteiger partial charge >= 0.3 is 0 Å². The Morgan fingerprint density at radius 2 is 2.21 bits per heavy atom. The highest BCUT2D eigenvalue weighted by Crippen LogP contribution is 2.33. The molecule has 0 bridgehead atoms. The molecule has 4 rings (SSSR count). The molecule has 0 saturated carbocycles. The van der Waals surface area contributed by atoms with Crippen LogP contribution in [-0.4, -0.2) is 49.4 Å². The minimum absolute atomic E-state index is 0.137. The van der Waals surface area contributed by atoms with Crippen LogP contribution in [0.2, 0.25) is 0 Å². The van der Waals surface area contributed by atoms with E-state index in [-0.39, 0.29) is 34.5 Å². The van der Waals surface area contributed by atoms with Crippen LogP contribution >= 0.6 is 22.7 Å². The molecule has 2 atom stereocenters. The normalized spacial score (nSPS) is 19.9. The van der Waals surface area contributed by atoms with Gasteiger partial charge in [0.2, 0.25) is 11.8 Å². The largest absolute Gasteiger partial charge is 0.471 e. The molecule has 0 spiro atoms. The predicted octanol–water partition coefficient (Wildman–Crippen LogP) is 3.48. The van der Waals surface area contributed by atoms with Gasteiger partial charge in [-0.3, -0.25) is 9.69 Å². The number of nitrogens with one attached hydrogen (secondary N) is 1. The molecule has 4 heterocycles. The molecule has 3 aromatic rings. The predicted molar refractivity (Wildman–Crippen MR) is 105 cm³/mol. The average molecular weight is 441 g/mol. The fourth-order valence-corrected chi connectivity index (χ4v) is 4.87. The summed E-state index contributed by atoms with van der Waals surface area (Å²) in [6.07, 6.45) is 1.05. The topological polar surface area (TPSA) is 93.1 Å². The number of alkyl halides is 2. The van der Waals surface area contributed by atoms with Crippen LogP contribution in [0.5, 0.6) is 5.88 Å². The quantitative estimate of drug-likeness (QED) is 0.627. The summed E-state index contributed by atoms with van der Waals surface area (Å²) in [5.41, 5.74) is 0.279. The Bertz CT molecular complexity index is 1030. The van der Waals surface area contributed by atoms with Gasteiger partial charge in [-0.1, -0.05) is 11.3 Å². The number of aromatic nitrogens is 4. The van der Waals surface area contributed by atoms with E-state index in [9.17, 15) is 13.6 Å². The lowest BCUT2D eigenvalue weighted by molar-refractivity contribution is -0.114. The third kappa shape index (κ3) is 4.49. The Morgan fingerprint density at radius 1 is 1.38 bits per heavy atom. The molecule has 12 heteroatoms. The van der Waals surface area contributed by atoms with E-state index in [1.807, 2.05) is 0 Å². The molecule has 1 aliphatic heterocycles. The van der Waals surface area contributed by atoms with Gasteiger partial charge < -0.3 is 10.1 Å². The Hall–Kier alpha value is -2.31. The van der Waals surface area contributed by atoms with Crippen molar-refractivity contribution in [3.8, 4) is 5.88 Å². The lowest BCUT2D eigenvalue weighted by Crippen LogP contribution is -2.27. The number of halogens is 2. The highest BCUT2D eigenvalue weighted by Gasteiger charge is 2.32. The summed E-state index contributed by atoms with van der Waals surface area (Å²) in [6.45, 7) is 4.89. The summed E-state index contributed by atoms with van der Waals surface area (Å²) < 4.78 is 31.9. The maximum Gasteiger partial charge on any atom is 0.289 e. The van der Waals surface area contributed by atoms with Crippen molar-refractivity contribution < 1.29 is 18.3 Å². The SMILES string of the molecule is CC(=O)Nc1ncc(CN2C[C@H](Oc3ncnc4sc(C(F)F)nc34)C[C@@H]2C)s1. The molecule has 0 radical (unpaired) electrons. The number of nitrogens with zero attached hydrogens (tertiary/aromatic N) is 5. The molecule has 1 fully saturated rings.